The van der Waals surface area contributed by atoms with E-state index in [2.05, 4.69) is 20.7 Å². The van der Waals surface area contributed by atoms with E-state index in [0.717, 1.165) is 18.2 Å². The molecule has 0 bridgehead atoms. The minimum Gasteiger partial charge on any atom is -0.215 e. The van der Waals surface area contributed by atoms with Gasteiger partial charge in [-0.1, -0.05) is 28.8 Å². The van der Waals surface area contributed by atoms with Crippen LogP contribution in [0.5, 0.6) is 0 Å². The van der Waals surface area contributed by atoms with E-state index in [-0.39, 0.29) is 0 Å². The Morgan fingerprint density at radius 1 is 1.06 bits per heavy atom. The first kappa shape index (κ1) is 13.8. The quantitative estimate of drug-likeness (QED) is 0.763. The summed E-state index contributed by atoms with van der Waals surface area (Å²) in [5.74, 6) is 1.95. The van der Waals surface area contributed by atoms with Crippen molar-refractivity contribution in [2.24, 2.45) is 17.8 Å². The fraction of sp³-hybridized carbons (Fsp3) is 1.00. The molecule has 2 aliphatic carbocycles. The highest BCUT2D eigenvalue weighted by atomic mass is 79.9. The van der Waals surface area contributed by atoms with Crippen molar-refractivity contribution in [2.75, 3.05) is 17.6 Å². The fourth-order valence-electron chi connectivity index (χ4n) is 2.64. The zero-order chi connectivity index (χ0) is 12.3. The Bertz CT molecular complexity index is 340. The lowest BCUT2D eigenvalue weighted by Gasteiger charge is -2.30. The molecule has 0 heterocycles. The molecule has 5 heteroatoms. The highest BCUT2D eigenvalue weighted by Crippen LogP contribution is 2.32. The third kappa shape index (κ3) is 4.52. The van der Waals surface area contributed by atoms with Gasteiger partial charge in [0.15, 0.2) is 0 Å². The lowest BCUT2D eigenvalue weighted by Crippen LogP contribution is -2.36. The molecule has 0 saturated heterocycles. The molecular formula is C12H22BrNO2S. The topological polar surface area (TPSA) is 46.2 Å². The van der Waals surface area contributed by atoms with Crippen molar-refractivity contribution >= 4 is 26.0 Å². The van der Waals surface area contributed by atoms with E-state index in [0.29, 0.717) is 30.1 Å². The minimum absolute atomic E-state index is 0.346. The molecule has 2 rings (SSSR count). The fourth-order valence-corrected chi connectivity index (χ4v) is 5.04. The summed E-state index contributed by atoms with van der Waals surface area (Å²) < 4.78 is 26.4. The maximum absolute atomic E-state index is 11.8. The summed E-state index contributed by atoms with van der Waals surface area (Å²) in [7, 11) is -3.01. The van der Waals surface area contributed by atoms with Crippen molar-refractivity contribution < 1.29 is 8.42 Å². The van der Waals surface area contributed by atoms with Crippen LogP contribution in [-0.4, -0.2) is 26.0 Å². The van der Waals surface area contributed by atoms with Crippen LogP contribution < -0.4 is 4.72 Å². The van der Waals surface area contributed by atoms with Crippen molar-refractivity contribution in [3.05, 3.63) is 0 Å². The summed E-state index contributed by atoms with van der Waals surface area (Å²) in [6, 6.07) is 0. The zero-order valence-corrected chi connectivity index (χ0v) is 12.6. The molecule has 0 spiro atoms. The number of alkyl halides is 1. The second kappa shape index (κ2) is 6.02. The van der Waals surface area contributed by atoms with Crippen molar-refractivity contribution in [3.63, 3.8) is 0 Å². The van der Waals surface area contributed by atoms with Crippen molar-refractivity contribution in [1.82, 2.24) is 4.72 Å². The molecule has 0 aromatic rings. The monoisotopic (exact) mass is 323 g/mol. The Labute approximate surface area is 113 Å². The van der Waals surface area contributed by atoms with E-state index in [9.17, 15) is 8.42 Å². The Morgan fingerprint density at radius 2 is 1.71 bits per heavy atom. The second-order valence-corrected chi connectivity index (χ2v) is 8.03. The summed E-state index contributed by atoms with van der Waals surface area (Å²) in [4.78, 5) is 0. The number of hydrogen-bond donors (Lipinski definition) is 1. The van der Waals surface area contributed by atoms with Gasteiger partial charge in [-0.3, -0.25) is 0 Å². The highest BCUT2D eigenvalue weighted by molar-refractivity contribution is 9.09. The summed E-state index contributed by atoms with van der Waals surface area (Å²) in [5, 5.41) is 1.00. The van der Waals surface area contributed by atoms with Crippen LogP contribution in [0.2, 0.25) is 0 Å². The molecule has 1 N–H and O–H groups in total. The first-order valence-electron chi connectivity index (χ1n) is 6.64. The van der Waals surface area contributed by atoms with Crippen molar-refractivity contribution in [1.29, 1.82) is 0 Å². The number of nitrogens with one attached hydrogen (secondary N) is 1. The third-order valence-electron chi connectivity index (χ3n) is 3.98. The summed E-state index contributed by atoms with van der Waals surface area (Å²) in [6.07, 6.45) is 7.13. The Hall–Kier alpha value is 0.390. The lowest BCUT2D eigenvalue weighted by molar-refractivity contribution is 0.263. The van der Waals surface area contributed by atoms with Gasteiger partial charge in [0.25, 0.3) is 0 Å². The minimum atomic E-state index is -3.01. The Morgan fingerprint density at radius 3 is 2.29 bits per heavy atom. The van der Waals surface area contributed by atoms with Crippen LogP contribution in [0.1, 0.15) is 38.5 Å². The van der Waals surface area contributed by atoms with E-state index in [4.69, 9.17) is 0 Å². The lowest BCUT2D eigenvalue weighted by atomic mass is 9.80. The van der Waals surface area contributed by atoms with Gasteiger partial charge in [0.05, 0.1) is 5.75 Å². The van der Waals surface area contributed by atoms with Crippen LogP contribution in [0.25, 0.3) is 0 Å². The first-order valence-corrected chi connectivity index (χ1v) is 9.41. The van der Waals surface area contributed by atoms with Gasteiger partial charge in [-0.25, -0.2) is 13.1 Å². The molecule has 2 unspecified atom stereocenters. The van der Waals surface area contributed by atoms with Gasteiger partial charge in [0, 0.05) is 11.9 Å². The van der Waals surface area contributed by atoms with E-state index in [1.807, 2.05) is 0 Å². The van der Waals surface area contributed by atoms with Gasteiger partial charge in [-0.15, -0.1) is 0 Å². The van der Waals surface area contributed by atoms with Gasteiger partial charge >= 0.3 is 0 Å². The molecule has 0 aromatic heterocycles. The van der Waals surface area contributed by atoms with Gasteiger partial charge in [0.2, 0.25) is 10.0 Å². The number of halogens is 1. The van der Waals surface area contributed by atoms with Gasteiger partial charge in [-0.2, -0.15) is 0 Å². The van der Waals surface area contributed by atoms with Gasteiger partial charge < -0.3 is 0 Å². The molecule has 2 fully saturated rings. The van der Waals surface area contributed by atoms with Crippen LogP contribution in [0.4, 0.5) is 0 Å². The molecule has 2 atom stereocenters. The molecule has 100 valence electrons. The SMILES string of the molecule is O=S(=O)(CC1CC1)NCC1CCCCC1CBr. The summed E-state index contributed by atoms with van der Waals surface area (Å²) in [5.41, 5.74) is 0. The standard InChI is InChI=1S/C12H22BrNO2S/c13-7-11-3-1-2-4-12(11)8-14-17(15,16)9-10-5-6-10/h10-12,14H,1-9H2. The van der Waals surface area contributed by atoms with E-state index in [1.165, 1.54) is 25.7 Å². The predicted molar refractivity (Wildman–Crippen MR) is 73.8 cm³/mol. The molecule has 0 radical (unpaired) electrons. The molecule has 2 saturated carbocycles. The van der Waals surface area contributed by atoms with Crippen LogP contribution in [-0.2, 0) is 10.0 Å². The molecule has 3 nitrogen and oxygen atoms in total. The average molecular weight is 324 g/mol. The molecule has 17 heavy (non-hydrogen) atoms. The third-order valence-corrected chi connectivity index (χ3v) is 6.33. The molecule has 0 aromatic carbocycles. The largest absolute Gasteiger partial charge is 0.215 e. The van der Waals surface area contributed by atoms with E-state index >= 15 is 0 Å². The predicted octanol–water partition coefficient (Wildman–Crippen LogP) is 2.52. The first-order chi connectivity index (χ1) is 8.11. The van der Waals surface area contributed by atoms with Crippen LogP contribution >= 0.6 is 15.9 Å². The van der Waals surface area contributed by atoms with Crippen molar-refractivity contribution in [2.45, 2.75) is 38.5 Å². The number of rotatable bonds is 6. The van der Waals surface area contributed by atoms with E-state index in [1.54, 1.807) is 0 Å². The maximum atomic E-state index is 11.8. The smallest absolute Gasteiger partial charge is 0.211 e. The highest BCUT2D eigenvalue weighted by Gasteiger charge is 2.29. The Balaban J connectivity index is 1.79. The van der Waals surface area contributed by atoms with Crippen molar-refractivity contribution in [3.8, 4) is 0 Å². The molecule has 2 aliphatic rings. The molecular weight excluding hydrogens is 302 g/mol. The zero-order valence-electron chi connectivity index (χ0n) is 10.2. The Kier molecular flexibility index (Phi) is 4.89. The normalized spacial score (nSPS) is 30.4. The maximum Gasteiger partial charge on any atom is 0.211 e. The summed E-state index contributed by atoms with van der Waals surface area (Å²) in [6.45, 7) is 0.644. The summed E-state index contributed by atoms with van der Waals surface area (Å²) >= 11 is 3.54. The molecule has 0 amide bonds. The van der Waals surface area contributed by atoms with Gasteiger partial charge in [0.1, 0.15) is 0 Å². The number of hydrogen-bond acceptors (Lipinski definition) is 2. The van der Waals surface area contributed by atoms with Crippen LogP contribution in [0, 0.1) is 17.8 Å². The second-order valence-electron chi connectivity index (χ2n) is 5.53. The van der Waals surface area contributed by atoms with Crippen LogP contribution in [0.3, 0.4) is 0 Å². The average Bonchev–Trinajstić information content (AvgIpc) is 3.10. The van der Waals surface area contributed by atoms with Gasteiger partial charge in [-0.05, 0) is 43.4 Å². The number of sulfonamides is 1. The van der Waals surface area contributed by atoms with Crippen LogP contribution in [0.15, 0.2) is 0 Å². The van der Waals surface area contributed by atoms with E-state index < -0.39 is 10.0 Å². The molecule has 0 aliphatic heterocycles.